The van der Waals surface area contributed by atoms with Crippen molar-refractivity contribution in [2.75, 3.05) is 38.7 Å². The number of nitrogens with zero attached hydrogens (tertiary/aromatic N) is 2. The molecule has 4 atom stereocenters. The van der Waals surface area contributed by atoms with E-state index >= 15 is 0 Å². The van der Waals surface area contributed by atoms with Crippen LogP contribution in [0.5, 0.6) is 5.75 Å². The Morgan fingerprint density at radius 3 is 2.48 bits per heavy atom. The maximum atomic E-state index is 14.4. The predicted octanol–water partition coefficient (Wildman–Crippen LogP) is 5.64. The van der Waals surface area contributed by atoms with E-state index in [-0.39, 0.29) is 60.4 Å². The highest BCUT2D eigenvalue weighted by Crippen LogP contribution is 2.29. The first-order chi connectivity index (χ1) is 22.9. The number of amides is 2. The van der Waals surface area contributed by atoms with Crippen LogP contribution in [0, 0.1) is 5.92 Å². The largest absolute Gasteiger partial charge is 0.490 e. The number of nitrogens with one attached hydrogen (secondary N) is 1. The average Bonchev–Trinajstić information content (AvgIpc) is 3.06. The number of likely N-dealkylation sites (N-methyl/N-ethyl adjacent to an activating group) is 1. The standard InChI is InChI=1S/C36H46ClN3O7S/c1-25-22-40(26(2)24-41)36(43)32-21-30(38-35(42)20-28-11-6-5-7-12-28)15-18-33(32)47-27(3)10-8-9-19-46-34(25)23-39(4)48(44,45)31-16-13-29(37)14-17-31/h5-7,11-18,21,25-27,34,41H,8-10,19-20,22-24H2,1-4H3,(H,38,42)/t25-,26+,27+,34-/m1/s1. The van der Waals surface area contributed by atoms with Gasteiger partial charge in [0.05, 0.1) is 41.7 Å². The number of anilines is 1. The van der Waals surface area contributed by atoms with Crippen molar-refractivity contribution in [1.82, 2.24) is 9.21 Å². The van der Waals surface area contributed by atoms with Gasteiger partial charge in [-0.25, -0.2) is 8.42 Å². The Labute approximate surface area is 289 Å². The van der Waals surface area contributed by atoms with E-state index in [4.69, 9.17) is 21.1 Å². The molecule has 3 aromatic carbocycles. The van der Waals surface area contributed by atoms with Crippen molar-refractivity contribution < 1.29 is 32.6 Å². The third kappa shape index (κ3) is 10.0. The van der Waals surface area contributed by atoms with Gasteiger partial charge in [0.1, 0.15) is 5.75 Å². The van der Waals surface area contributed by atoms with E-state index in [1.807, 2.05) is 44.2 Å². The summed E-state index contributed by atoms with van der Waals surface area (Å²) in [5.41, 5.74) is 1.56. The molecule has 1 aliphatic rings. The van der Waals surface area contributed by atoms with Crippen LogP contribution in [0.25, 0.3) is 0 Å². The van der Waals surface area contributed by atoms with E-state index in [9.17, 15) is 23.1 Å². The molecule has 12 heteroatoms. The Morgan fingerprint density at radius 2 is 1.79 bits per heavy atom. The van der Waals surface area contributed by atoms with Gasteiger partial charge in [-0.05, 0) is 81.1 Å². The number of fused-ring (bicyclic) bond motifs is 1. The summed E-state index contributed by atoms with van der Waals surface area (Å²) in [4.78, 5) is 28.9. The number of aliphatic hydroxyl groups is 1. The first-order valence-electron chi connectivity index (χ1n) is 16.3. The van der Waals surface area contributed by atoms with Crippen molar-refractivity contribution in [3.63, 3.8) is 0 Å². The second kappa shape index (κ2) is 17.3. The van der Waals surface area contributed by atoms with Gasteiger partial charge in [0.25, 0.3) is 5.91 Å². The molecule has 0 fully saturated rings. The summed E-state index contributed by atoms with van der Waals surface area (Å²) in [6.45, 7) is 5.91. The first-order valence-corrected chi connectivity index (χ1v) is 18.1. The van der Waals surface area contributed by atoms with Gasteiger partial charge in [-0.3, -0.25) is 9.59 Å². The van der Waals surface area contributed by atoms with E-state index in [0.29, 0.717) is 29.5 Å². The molecule has 2 amide bonds. The molecule has 0 unspecified atom stereocenters. The molecule has 0 saturated carbocycles. The Kier molecular flexibility index (Phi) is 13.4. The van der Waals surface area contributed by atoms with Gasteiger partial charge in [0.15, 0.2) is 0 Å². The fourth-order valence-electron chi connectivity index (χ4n) is 5.59. The molecule has 4 rings (SSSR count). The van der Waals surface area contributed by atoms with Gasteiger partial charge in [-0.1, -0.05) is 48.9 Å². The van der Waals surface area contributed by atoms with Gasteiger partial charge in [-0.15, -0.1) is 0 Å². The van der Waals surface area contributed by atoms with Gasteiger partial charge < -0.3 is 24.8 Å². The SMILES string of the molecule is C[C@@H]1CN([C@@H](C)CO)C(=O)c2cc(NC(=O)Cc3ccccc3)ccc2O[C@@H](C)CCCCO[C@@H]1CN(C)S(=O)(=O)c1ccc(Cl)cc1. The third-order valence-electron chi connectivity index (χ3n) is 8.50. The van der Waals surface area contributed by atoms with Crippen LogP contribution in [-0.4, -0.2) is 86.1 Å². The molecule has 48 heavy (non-hydrogen) atoms. The van der Waals surface area contributed by atoms with Crippen molar-refractivity contribution in [2.24, 2.45) is 5.92 Å². The van der Waals surface area contributed by atoms with Crippen molar-refractivity contribution in [3.8, 4) is 5.75 Å². The molecule has 1 aliphatic heterocycles. The van der Waals surface area contributed by atoms with Crippen molar-refractivity contribution >= 4 is 39.1 Å². The number of carbonyl (C=O) groups is 2. The van der Waals surface area contributed by atoms with Crippen LogP contribution in [0.1, 0.15) is 56.0 Å². The first kappa shape index (κ1) is 37.3. The van der Waals surface area contributed by atoms with E-state index in [2.05, 4.69) is 5.32 Å². The lowest BCUT2D eigenvalue weighted by molar-refractivity contribution is -0.115. The highest BCUT2D eigenvalue weighted by atomic mass is 35.5. The smallest absolute Gasteiger partial charge is 0.258 e. The number of hydrogen-bond acceptors (Lipinski definition) is 7. The highest BCUT2D eigenvalue weighted by Gasteiger charge is 2.32. The highest BCUT2D eigenvalue weighted by molar-refractivity contribution is 7.89. The van der Waals surface area contributed by atoms with Crippen LogP contribution in [0.3, 0.4) is 0 Å². The van der Waals surface area contributed by atoms with E-state index in [1.54, 1.807) is 30.0 Å². The average molecular weight is 700 g/mol. The minimum Gasteiger partial charge on any atom is -0.490 e. The molecule has 0 aromatic heterocycles. The number of sulfonamides is 1. The van der Waals surface area contributed by atoms with Gasteiger partial charge in [0, 0.05) is 43.4 Å². The molecule has 1 heterocycles. The third-order valence-corrected chi connectivity index (χ3v) is 10.6. The second-order valence-corrected chi connectivity index (χ2v) is 14.9. The molecule has 0 saturated heterocycles. The van der Waals surface area contributed by atoms with Gasteiger partial charge in [0.2, 0.25) is 15.9 Å². The molecular weight excluding hydrogens is 654 g/mol. The molecule has 0 spiro atoms. The van der Waals surface area contributed by atoms with Crippen LogP contribution < -0.4 is 10.1 Å². The zero-order chi connectivity index (χ0) is 34.8. The monoisotopic (exact) mass is 699 g/mol. The zero-order valence-electron chi connectivity index (χ0n) is 28.0. The quantitative estimate of drug-likeness (QED) is 0.296. The number of ether oxygens (including phenoxy) is 2. The summed E-state index contributed by atoms with van der Waals surface area (Å²) in [7, 11) is -2.34. The summed E-state index contributed by atoms with van der Waals surface area (Å²) in [6, 6.07) is 19.8. The lowest BCUT2D eigenvalue weighted by atomic mass is 10.0. The number of aliphatic hydroxyl groups excluding tert-OH is 1. The second-order valence-electron chi connectivity index (χ2n) is 12.5. The molecule has 0 aliphatic carbocycles. The van der Waals surface area contributed by atoms with Crippen LogP contribution in [0.2, 0.25) is 5.02 Å². The molecule has 2 N–H and O–H groups in total. The molecule has 0 radical (unpaired) electrons. The van der Waals surface area contributed by atoms with Crippen LogP contribution in [0.4, 0.5) is 5.69 Å². The minimum absolute atomic E-state index is 0.0510. The van der Waals surface area contributed by atoms with Crippen molar-refractivity contribution in [2.45, 2.75) is 69.6 Å². The molecule has 260 valence electrons. The summed E-state index contributed by atoms with van der Waals surface area (Å²) in [6.07, 6.45) is 1.64. The molecule has 10 nitrogen and oxygen atoms in total. The number of rotatable bonds is 9. The summed E-state index contributed by atoms with van der Waals surface area (Å²) in [5, 5.41) is 13.6. The van der Waals surface area contributed by atoms with Crippen LogP contribution in [-0.2, 0) is 26.0 Å². The Morgan fingerprint density at radius 1 is 1.08 bits per heavy atom. The Hall–Kier alpha value is -3.48. The number of carbonyl (C=O) groups excluding carboxylic acids is 2. The normalized spacial score (nSPS) is 20.4. The summed E-state index contributed by atoms with van der Waals surface area (Å²) in [5.74, 6) is -0.556. The maximum Gasteiger partial charge on any atom is 0.258 e. The molecule has 3 aromatic rings. The van der Waals surface area contributed by atoms with Crippen molar-refractivity contribution in [3.05, 3.63) is 88.9 Å². The number of halogens is 1. The zero-order valence-corrected chi connectivity index (χ0v) is 29.5. The summed E-state index contributed by atoms with van der Waals surface area (Å²) >= 11 is 5.98. The lowest BCUT2D eigenvalue weighted by Crippen LogP contribution is -2.48. The fourth-order valence-corrected chi connectivity index (χ4v) is 6.90. The topological polar surface area (TPSA) is 125 Å². The number of benzene rings is 3. The fraction of sp³-hybridized carbons (Fsp3) is 0.444. The van der Waals surface area contributed by atoms with Crippen LogP contribution >= 0.6 is 11.6 Å². The predicted molar refractivity (Wildman–Crippen MR) is 187 cm³/mol. The molecular formula is C36H46ClN3O7S. The Bertz CT molecular complexity index is 1620. The minimum atomic E-state index is -3.84. The maximum absolute atomic E-state index is 14.4. The summed E-state index contributed by atoms with van der Waals surface area (Å²) < 4.78 is 40.7. The van der Waals surface area contributed by atoms with E-state index < -0.39 is 22.2 Å². The van der Waals surface area contributed by atoms with Gasteiger partial charge >= 0.3 is 0 Å². The lowest BCUT2D eigenvalue weighted by Gasteiger charge is -2.35. The Balaban J connectivity index is 1.62. The van der Waals surface area contributed by atoms with Crippen LogP contribution in [0.15, 0.2) is 77.7 Å². The van der Waals surface area contributed by atoms with Gasteiger partial charge in [-0.2, -0.15) is 4.31 Å². The van der Waals surface area contributed by atoms with E-state index in [0.717, 1.165) is 18.4 Å². The van der Waals surface area contributed by atoms with E-state index in [1.165, 1.54) is 35.6 Å². The van der Waals surface area contributed by atoms with Crippen molar-refractivity contribution in [1.29, 1.82) is 0 Å². The number of hydrogen-bond donors (Lipinski definition) is 2. The molecule has 0 bridgehead atoms.